The number of nitrogens with zero attached hydrogens (tertiary/aromatic N) is 1. The molecule has 3 aromatic rings. The fraction of sp³-hybridized carbons (Fsp3) is 0.188. The number of benzene rings is 2. The largest absolute Gasteiger partial charge is 0.494 e. The standard InChI is InChI=1S/C9H10N2OS.C7H10N2S/c1-2-12-6-3-4-7-8(5-6)13-9(10)11-7;1-10-7-4-5(8)2-3-6(7)9/h3-5H,2H2,1H3,(H2,10,11);2-4H,8-9H2,1H3. The van der Waals surface area contributed by atoms with Gasteiger partial charge in [0, 0.05) is 16.3 Å². The molecule has 0 radical (unpaired) electrons. The summed E-state index contributed by atoms with van der Waals surface area (Å²) in [5.41, 5.74) is 19.2. The number of thioether (sulfide) groups is 1. The summed E-state index contributed by atoms with van der Waals surface area (Å²) in [4.78, 5) is 5.20. The van der Waals surface area contributed by atoms with E-state index in [9.17, 15) is 0 Å². The van der Waals surface area contributed by atoms with Crippen molar-refractivity contribution in [3.63, 3.8) is 0 Å². The van der Waals surface area contributed by atoms with Crippen LogP contribution in [0.2, 0.25) is 0 Å². The number of hydrogen-bond donors (Lipinski definition) is 3. The van der Waals surface area contributed by atoms with E-state index in [1.165, 1.54) is 11.3 Å². The Morgan fingerprint density at radius 3 is 2.57 bits per heavy atom. The van der Waals surface area contributed by atoms with Crippen molar-refractivity contribution >= 4 is 49.8 Å². The molecule has 0 amide bonds. The van der Waals surface area contributed by atoms with Gasteiger partial charge in [-0.2, -0.15) is 0 Å². The quantitative estimate of drug-likeness (QED) is 0.491. The smallest absolute Gasteiger partial charge is 0.181 e. The number of rotatable bonds is 3. The van der Waals surface area contributed by atoms with Crippen molar-refractivity contribution < 1.29 is 4.74 Å². The first-order chi connectivity index (χ1) is 11.0. The maximum Gasteiger partial charge on any atom is 0.181 e. The lowest BCUT2D eigenvalue weighted by Gasteiger charge is -2.01. The van der Waals surface area contributed by atoms with Crippen LogP contribution >= 0.6 is 23.1 Å². The molecule has 122 valence electrons. The topological polar surface area (TPSA) is 100 Å². The Morgan fingerprint density at radius 1 is 1.13 bits per heavy atom. The van der Waals surface area contributed by atoms with E-state index >= 15 is 0 Å². The van der Waals surface area contributed by atoms with Crippen molar-refractivity contribution in [3.8, 4) is 5.75 Å². The average Bonchev–Trinajstić information content (AvgIpc) is 2.90. The maximum absolute atomic E-state index is 5.62. The van der Waals surface area contributed by atoms with Crippen LogP contribution in [-0.2, 0) is 0 Å². The van der Waals surface area contributed by atoms with Crippen LogP contribution in [0.5, 0.6) is 5.75 Å². The zero-order chi connectivity index (χ0) is 16.8. The summed E-state index contributed by atoms with van der Waals surface area (Å²) in [6.45, 7) is 2.64. The van der Waals surface area contributed by atoms with E-state index in [4.69, 9.17) is 21.9 Å². The Bertz CT molecular complexity index is 789. The molecule has 0 bridgehead atoms. The van der Waals surface area contributed by atoms with Crippen molar-refractivity contribution in [1.29, 1.82) is 0 Å². The van der Waals surface area contributed by atoms with E-state index in [1.54, 1.807) is 17.8 Å². The summed E-state index contributed by atoms with van der Waals surface area (Å²) in [5, 5.41) is 0.601. The van der Waals surface area contributed by atoms with Gasteiger partial charge in [0.25, 0.3) is 0 Å². The lowest BCUT2D eigenvalue weighted by molar-refractivity contribution is 0.341. The number of nitrogens with two attached hydrogens (primary N) is 3. The molecule has 6 N–H and O–H groups in total. The van der Waals surface area contributed by atoms with Crippen LogP contribution in [0.15, 0.2) is 41.3 Å². The van der Waals surface area contributed by atoms with Crippen LogP contribution in [0.25, 0.3) is 10.2 Å². The fourth-order valence-corrected chi connectivity index (χ4v) is 3.23. The predicted octanol–water partition coefficient (Wildman–Crippen LogP) is 3.85. The molecule has 0 atom stereocenters. The third-order valence-electron chi connectivity index (χ3n) is 2.94. The van der Waals surface area contributed by atoms with E-state index in [0.717, 1.165) is 32.2 Å². The van der Waals surface area contributed by atoms with E-state index in [1.807, 2.05) is 43.5 Å². The van der Waals surface area contributed by atoms with E-state index in [-0.39, 0.29) is 0 Å². The molecule has 0 aliphatic heterocycles. The first-order valence-corrected chi connectivity index (χ1v) is 9.05. The number of hydrogen-bond acceptors (Lipinski definition) is 7. The monoisotopic (exact) mass is 348 g/mol. The van der Waals surface area contributed by atoms with Gasteiger partial charge in [-0.3, -0.25) is 0 Å². The Morgan fingerprint density at radius 2 is 1.91 bits per heavy atom. The Kier molecular flexibility index (Phi) is 5.95. The van der Waals surface area contributed by atoms with Crippen LogP contribution in [0.1, 0.15) is 6.92 Å². The molecule has 0 unspecified atom stereocenters. The minimum atomic E-state index is 0.601. The summed E-state index contributed by atoms with van der Waals surface area (Å²) < 4.78 is 6.43. The van der Waals surface area contributed by atoms with Crippen LogP contribution in [0.3, 0.4) is 0 Å². The molecule has 0 saturated carbocycles. The van der Waals surface area contributed by atoms with Crippen LogP contribution < -0.4 is 21.9 Å². The van der Waals surface area contributed by atoms with Crippen molar-refractivity contribution in [3.05, 3.63) is 36.4 Å². The molecule has 23 heavy (non-hydrogen) atoms. The van der Waals surface area contributed by atoms with E-state index < -0.39 is 0 Å². The highest BCUT2D eigenvalue weighted by Crippen LogP contribution is 2.27. The molecule has 0 fully saturated rings. The summed E-state index contributed by atoms with van der Waals surface area (Å²) in [6, 6.07) is 11.3. The van der Waals surface area contributed by atoms with Gasteiger partial charge in [-0.25, -0.2) is 4.98 Å². The van der Waals surface area contributed by atoms with Gasteiger partial charge in [0.05, 0.1) is 16.8 Å². The maximum atomic E-state index is 5.62. The molecule has 1 aromatic heterocycles. The lowest BCUT2D eigenvalue weighted by Crippen LogP contribution is -1.90. The van der Waals surface area contributed by atoms with E-state index in [0.29, 0.717) is 11.7 Å². The zero-order valence-electron chi connectivity index (χ0n) is 13.1. The summed E-state index contributed by atoms with van der Waals surface area (Å²) in [5.74, 6) is 0.874. The third-order valence-corrected chi connectivity index (χ3v) is 4.59. The van der Waals surface area contributed by atoms with Crippen LogP contribution in [0.4, 0.5) is 16.5 Å². The molecule has 7 heteroatoms. The number of fused-ring (bicyclic) bond motifs is 1. The second-order valence-corrected chi connectivity index (χ2v) is 6.53. The van der Waals surface area contributed by atoms with Crippen molar-refractivity contribution in [1.82, 2.24) is 4.98 Å². The highest BCUT2D eigenvalue weighted by atomic mass is 32.2. The molecule has 0 spiro atoms. The number of thiazole rings is 1. The molecule has 0 aliphatic rings. The normalized spacial score (nSPS) is 10.2. The molecule has 5 nitrogen and oxygen atoms in total. The van der Waals surface area contributed by atoms with Gasteiger partial charge in [-0.1, -0.05) is 11.3 Å². The van der Waals surface area contributed by atoms with Gasteiger partial charge < -0.3 is 21.9 Å². The van der Waals surface area contributed by atoms with Crippen LogP contribution in [0, 0.1) is 0 Å². The molecular weight excluding hydrogens is 328 g/mol. The third kappa shape index (κ3) is 4.67. The predicted molar refractivity (Wildman–Crippen MR) is 102 cm³/mol. The first-order valence-electron chi connectivity index (χ1n) is 7.01. The van der Waals surface area contributed by atoms with Gasteiger partial charge >= 0.3 is 0 Å². The minimum absolute atomic E-state index is 0.601. The molecular formula is C16H20N4OS2. The highest BCUT2D eigenvalue weighted by molar-refractivity contribution is 7.98. The molecule has 1 heterocycles. The Labute approximate surface area is 143 Å². The molecule has 2 aromatic carbocycles. The molecule has 0 aliphatic carbocycles. The minimum Gasteiger partial charge on any atom is -0.494 e. The SMILES string of the molecule is CCOc1ccc2nc(N)sc2c1.CSc1cc(N)ccc1N. The Hall–Kier alpha value is -2.12. The number of aromatic nitrogens is 1. The van der Waals surface area contributed by atoms with E-state index in [2.05, 4.69) is 4.98 Å². The average molecular weight is 348 g/mol. The van der Waals surface area contributed by atoms with Gasteiger partial charge in [-0.15, -0.1) is 11.8 Å². The van der Waals surface area contributed by atoms with Crippen molar-refractivity contribution in [2.75, 3.05) is 30.1 Å². The fourth-order valence-electron chi connectivity index (χ4n) is 1.91. The first kappa shape index (κ1) is 17.2. The van der Waals surface area contributed by atoms with Gasteiger partial charge in [0.15, 0.2) is 5.13 Å². The summed E-state index contributed by atoms with van der Waals surface area (Å²) in [6.07, 6.45) is 1.98. The molecule has 3 rings (SSSR count). The number of ether oxygens (including phenoxy) is 1. The molecule has 0 saturated heterocycles. The van der Waals surface area contributed by atoms with Gasteiger partial charge in [0.2, 0.25) is 0 Å². The Balaban J connectivity index is 0.000000174. The second kappa shape index (κ2) is 7.94. The highest BCUT2D eigenvalue weighted by Gasteiger charge is 2.01. The van der Waals surface area contributed by atoms with Crippen molar-refractivity contribution in [2.24, 2.45) is 0 Å². The van der Waals surface area contributed by atoms with Gasteiger partial charge in [0.1, 0.15) is 5.75 Å². The number of nitrogen functional groups attached to an aromatic ring is 3. The van der Waals surface area contributed by atoms with Crippen LogP contribution in [-0.4, -0.2) is 17.8 Å². The summed E-state index contributed by atoms with van der Waals surface area (Å²) >= 11 is 3.08. The second-order valence-electron chi connectivity index (χ2n) is 4.62. The number of anilines is 3. The van der Waals surface area contributed by atoms with Gasteiger partial charge in [-0.05, 0) is 49.6 Å². The summed E-state index contributed by atoms with van der Waals surface area (Å²) in [7, 11) is 0. The zero-order valence-corrected chi connectivity index (χ0v) is 14.7. The lowest BCUT2D eigenvalue weighted by atomic mass is 10.3. The van der Waals surface area contributed by atoms with Crippen molar-refractivity contribution in [2.45, 2.75) is 11.8 Å².